The Labute approximate surface area is 116 Å². The molecule has 0 fully saturated rings. The summed E-state index contributed by atoms with van der Waals surface area (Å²) in [6.45, 7) is 1.94. The molecule has 3 rings (SSSR count). The van der Waals surface area contributed by atoms with Crippen molar-refractivity contribution in [3.8, 4) is 11.8 Å². The van der Waals surface area contributed by atoms with Gasteiger partial charge in [0.25, 0.3) is 0 Å². The van der Waals surface area contributed by atoms with Crippen LogP contribution in [-0.4, -0.2) is 5.78 Å². The SMILES string of the molecule is Cc1ccc2c(c1)C(=O)C(=Cc1ccc(C#N)cc1)O2. The molecule has 3 heteroatoms. The number of benzene rings is 2. The first-order valence-electron chi connectivity index (χ1n) is 6.22. The van der Waals surface area contributed by atoms with Gasteiger partial charge in [-0.15, -0.1) is 0 Å². The van der Waals surface area contributed by atoms with E-state index in [1.54, 1.807) is 30.3 Å². The van der Waals surface area contributed by atoms with Crippen molar-refractivity contribution >= 4 is 11.9 Å². The van der Waals surface area contributed by atoms with E-state index >= 15 is 0 Å². The largest absolute Gasteiger partial charge is 0.452 e. The monoisotopic (exact) mass is 261 g/mol. The number of fused-ring (bicyclic) bond motifs is 1. The lowest BCUT2D eigenvalue weighted by atomic mass is 10.1. The molecule has 0 spiro atoms. The maximum atomic E-state index is 12.2. The first kappa shape index (κ1) is 12.2. The molecule has 2 aromatic carbocycles. The molecule has 0 atom stereocenters. The molecule has 1 aliphatic heterocycles. The van der Waals surface area contributed by atoms with Gasteiger partial charge in [0.05, 0.1) is 17.2 Å². The van der Waals surface area contributed by atoms with Crippen LogP contribution in [-0.2, 0) is 0 Å². The van der Waals surface area contributed by atoms with Gasteiger partial charge in [0.2, 0.25) is 5.78 Å². The Morgan fingerprint density at radius 2 is 1.90 bits per heavy atom. The molecular formula is C17H11NO2. The van der Waals surface area contributed by atoms with Gasteiger partial charge in [-0.3, -0.25) is 4.79 Å². The summed E-state index contributed by atoms with van der Waals surface area (Å²) in [7, 11) is 0. The summed E-state index contributed by atoms with van der Waals surface area (Å²) in [6.07, 6.45) is 1.69. The third-order valence-electron chi connectivity index (χ3n) is 3.16. The molecule has 0 saturated carbocycles. The molecule has 0 bridgehead atoms. The molecule has 0 saturated heterocycles. The molecule has 0 N–H and O–H groups in total. The second-order valence-electron chi connectivity index (χ2n) is 4.67. The number of aryl methyl sites for hydroxylation is 1. The Morgan fingerprint density at radius 3 is 2.60 bits per heavy atom. The van der Waals surface area contributed by atoms with Crippen molar-refractivity contribution in [3.05, 3.63) is 70.5 Å². The fourth-order valence-electron chi connectivity index (χ4n) is 2.11. The minimum absolute atomic E-state index is 0.104. The van der Waals surface area contributed by atoms with Crippen LogP contribution in [0.2, 0.25) is 0 Å². The zero-order valence-electron chi connectivity index (χ0n) is 10.9. The highest BCUT2D eigenvalue weighted by atomic mass is 16.5. The summed E-state index contributed by atoms with van der Waals surface area (Å²) >= 11 is 0. The Kier molecular flexibility index (Phi) is 2.85. The molecule has 0 unspecified atom stereocenters. The third-order valence-corrected chi connectivity index (χ3v) is 3.16. The summed E-state index contributed by atoms with van der Waals surface area (Å²) in [5, 5.41) is 8.75. The van der Waals surface area contributed by atoms with E-state index in [0.29, 0.717) is 22.6 Å². The van der Waals surface area contributed by atoms with E-state index in [1.807, 2.05) is 25.1 Å². The smallest absolute Gasteiger partial charge is 0.231 e. The fraction of sp³-hybridized carbons (Fsp3) is 0.0588. The second-order valence-corrected chi connectivity index (χ2v) is 4.67. The van der Waals surface area contributed by atoms with Crippen molar-refractivity contribution in [1.82, 2.24) is 0 Å². The number of ketones is 1. The molecular weight excluding hydrogens is 250 g/mol. The van der Waals surface area contributed by atoms with Gasteiger partial charge in [-0.25, -0.2) is 0 Å². The van der Waals surface area contributed by atoms with E-state index in [2.05, 4.69) is 6.07 Å². The van der Waals surface area contributed by atoms with Crippen LogP contribution in [0.15, 0.2) is 48.2 Å². The lowest BCUT2D eigenvalue weighted by Gasteiger charge is -1.98. The third kappa shape index (κ3) is 2.08. The van der Waals surface area contributed by atoms with Gasteiger partial charge in [-0.1, -0.05) is 23.8 Å². The van der Waals surface area contributed by atoms with Crippen LogP contribution in [0.1, 0.15) is 27.0 Å². The van der Waals surface area contributed by atoms with E-state index in [-0.39, 0.29) is 5.78 Å². The summed E-state index contributed by atoms with van der Waals surface area (Å²) in [5.41, 5.74) is 3.05. The van der Waals surface area contributed by atoms with Crippen LogP contribution in [0.3, 0.4) is 0 Å². The number of carbonyl (C=O) groups is 1. The van der Waals surface area contributed by atoms with Gasteiger partial charge in [0, 0.05) is 0 Å². The normalized spacial score (nSPS) is 14.8. The van der Waals surface area contributed by atoms with Gasteiger partial charge >= 0.3 is 0 Å². The van der Waals surface area contributed by atoms with Crippen LogP contribution in [0.4, 0.5) is 0 Å². The molecule has 3 nitrogen and oxygen atoms in total. The van der Waals surface area contributed by atoms with Crippen molar-refractivity contribution in [1.29, 1.82) is 5.26 Å². The van der Waals surface area contributed by atoms with E-state index in [0.717, 1.165) is 11.1 Å². The molecule has 0 aliphatic carbocycles. The highest BCUT2D eigenvalue weighted by Gasteiger charge is 2.26. The maximum absolute atomic E-state index is 12.2. The topological polar surface area (TPSA) is 50.1 Å². The fourth-order valence-corrected chi connectivity index (χ4v) is 2.11. The number of nitriles is 1. The van der Waals surface area contributed by atoms with Crippen LogP contribution in [0.5, 0.6) is 5.75 Å². The van der Waals surface area contributed by atoms with Crippen LogP contribution < -0.4 is 4.74 Å². The summed E-state index contributed by atoms with van der Waals surface area (Å²) in [4.78, 5) is 12.2. The predicted molar refractivity (Wildman–Crippen MR) is 75.3 cm³/mol. The van der Waals surface area contributed by atoms with Crippen LogP contribution in [0.25, 0.3) is 6.08 Å². The van der Waals surface area contributed by atoms with Gasteiger partial charge in [0.15, 0.2) is 5.76 Å². The Morgan fingerprint density at radius 1 is 1.15 bits per heavy atom. The van der Waals surface area contributed by atoms with Crippen LogP contribution in [0, 0.1) is 18.3 Å². The molecule has 20 heavy (non-hydrogen) atoms. The highest BCUT2D eigenvalue weighted by Crippen LogP contribution is 2.32. The van der Waals surface area contributed by atoms with E-state index in [1.165, 1.54) is 0 Å². The summed E-state index contributed by atoms with van der Waals surface area (Å²) in [6, 6.07) is 14.6. The summed E-state index contributed by atoms with van der Waals surface area (Å²) < 4.78 is 5.58. The molecule has 1 heterocycles. The first-order chi connectivity index (χ1) is 9.67. The molecule has 0 amide bonds. The lowest BCUT2D eigenvalue weighted by Crippen LogP contribution is -1.98. The Bertz CT molecular complexity index is 765. The molecule has 1 aliphatic rings. The zero-order chi connectivity index (χ0) is 14.1. The average Bonchev–Trinajstić information content (AvgIpc) is 2.76. The highest BCUT2D eigenvalue weighted by molar-refractivity contribution is 6.14. The predicted octanol–water partition coefficient (Wildman–Crippen LogP) is 3.48. The van der Waals surface area contributed by atoms with Crippen molar-refractivity contribution < 1.29 is 9.53 Å². The quantitative estimate of drug-likeness (QED) is 0.738. The van der Waals surface area contributed by atoms with Gasteiger partial charge in [-0.2, -0.15) is 5.26 Å². The van der Waals surface area contributed by atoms with Crippen molar-refractivity contribution in [2.45, 2.75) is 6.92 Å². The van der Waals surface area contributed by atoms with E-state index in [4.69, 9.17) is 10.00 Å². The number of nitrogens with zero attached hydrogens (tertiary/aromatic N) is 1. The number of hydrogen-bond acceptors (Lipinski definition) is 3. The van der Waals surface area contributed by atoms with Crippen molar-refractivity contribution in [2.75, 3.05) is 0 Å². The minimum Gasteiger partial charge on any atom is -0.452 e. The summed E-state index contributed by atoms with van der Waals surface area (Å²) in [5.74, 6) is 0.809. The Balaban J connectivity index is 1.95. The number of ether oxygens (including phenoxy) is 1. The molecule has 96 valence electrons. The number of hydrogen-bond donors (Lipinski definition) is 0. The lowest BCUT2D eigenvalue weighted by molar-refractivity contribution is 0.101. The number of Topliss-reactive ketones (excluding diaryl/α,β-unsaturated/α-hetero) is 1. The van der Waals surface area contributed by atoms with Gasteiger partial charge < -0.3 is 4.74 Å². The van der Waals surface area contributed by atoms with Crippen LogP contribution >= 0.6 is 0 Å². The molecule has 0 radical (unpaired) electrons. The number of rotatable bonds is 1. The van der Waals surface area contributed by atoms with Crippen molar-refractivity contribution in [2.24, 2.45) is 0 Å². The molecule has 0 aromatic heterocycles. The van der Waals surface area contributed by atoms with E-state index in [9.17, 15) is 4.79 Å². The van der Waals surface area contributed by atoms with Crippen molar-refractivity contribution in [3.63, 3.8) is 0 Å². The first-order valence-corrected chi connectivity index (χ1v) is 6.22. The van der Waals surface area contributed by atoms with Gasteiger partial charge in [-0.05, 0) is 42.8 Å². The van der Waals surface area contributed by atoms with E-state index < -0.39 is 0 Å². The van der Waals surface area contributed by atoms with Gasteiger partial charge in [0.1, 0.15) is 5.75 Å². The number of carbonyl (C=O) groups excluding carboxylic acids is 1. The standard InChI is InChI=1S/C17H11NO2/c1-11-2-7-15-14(8-11)17(19)16(20-15)9-12-3-5-13(10-18)6-4-12/h2-9H,1H3. The number of allylic oxidation sites excluding steroid dienone is 1. The second kappa shape index (κ2) is 4.67. The maximum Gasteiger partial charge on any atom is 0.231 e. The average molecular weight is 261 g/mol. The Hall–Kier alpha value is -2.86. The zero-order valence-corrected chi connectivity index (χ0v) is 10.9. The molecule has 2 aromatic rings. The minimum atomic E-state index is -0.104.